The Labute approximate surface area is 199 Å². The van der Waals surface area contributed by atoms with Crippen LogP contribution in [0.25, 0.3) is 11.1 Å². The summed E-state index contributed by atoms with van der Waals surface area (Å²) in [6.07, 6.45) is 4.59. The fourth-order valence-electron chi connectivity index (χ4n) is 4.72. The molecule has 1 heterocycles. The van der Waals surface area contributed by atoms with E-state index >= 15 is 0 Å². The minimum absolute atomic E-state index is 0.150. The number of benzene rings is 3. The molecule has 1 amide bonds. The zero-order chi connectivity index (χ0) is 23.2. The Balaban J connectivity index is 1.46. The Kier molecular flexibility index (Phi) is 7.49. The van der Waals surface area contributed by atoms with Crippen LogP contribution in [0.2, 0.25) is 0 Å². The topological polar surface area (TPSA) is 23.6 Å². The van der Waals surface area contributed by atoms with Crippen LogP contribution in [0.4, 0.5) is 5.69 Å². The van der Waals surface area contributed by atoms with E-state index in [2.05, 4.69) is 85.5 Å². The van der Waals surface area contributed by atoms with E-state index in [0.717, 1.165) is 55.7 Å². The van der Waals surface area contributed by atoms with Crippen molar-refractivity contribution in [1.82, 2.24) is 4.90 Å². The van der Waals surface area contributed by atoms with Crippen molar-refractivity contribution in [2.75, 3.05) is 31.1 Å². The smallest absolute Gasteiger partial charge is 0.254 e. The third kappa shape index (κ3) is 5.30. The van der Waals surface area contributed by atoms with E-state index in [-0.39, 0.29) is 5.91 Å². The molecule has 1 saturated heterocycles. The molecule has 0 N–H and O–H groups in total. The normalized spacial score (nSPS) is 13.9. The van der Waals surface area contributed by atoms with Gasteiger partial charge in [0.05, 0.1) is 0 Å². The Bertz CT molecular complexity index is 1080. The number of amides is 1. The number of hydrogen-bond donors (Lipinski definition) is 0. The Morgan fingerprint density at radius 3 is 2.24 bits per heavy atom. The fraction of sp³-hybridized carbons (Fsp3) is 0.367. The molecule has 172 valence electrons. The van der Waals surface area contributed by atoms with Crippen molar-refractivity contribution < 1.29 is 4.79 Å². The fourth-order valence-corrected chi connectivity index (χ4v) is 4.72. The van der Waals surface area contributed by atoms with E-state index in [1.54, 1.807) is 0 Å². The average Bonchev–Trinajstić information content (AvgIpc) is 2.88. The van der Waals surface area contributed by atoms with Crippen LogP contribution in [-0.2, 0) is 12.8 Å². The van der Waals surface area contributed by atoms with Gasteiger partial charge in [0.2, 0.25) is 0 Å². The number of nitrogens with zero attached hydrogens (tertiary/aromatic N) is 2. The molecule has 0 atom stereocenters. The minimum atomic E-state index is 0.150. The number of hydrogen-bond acceptors (Lipinski definition) is 2. The summed E-state index contributed by atoms with van der Waals surface area (Å²) in [6, 6.07) is 23.7. The molecule has 1 fully saturated rings. The van der Waals surface area contributed by atoms with Crippen LogP contribution in [0.5, 0.6) is 0 Å². The first-order chi connectivity index (χ1) is 16.1. The number of rotatable bonds is 7. The van der Waals surface area contributed by atoms with E-state index in [1.807, 2.05) is 11.8 Å². The molecule has 0 aromatic heterocycles. The number of piperazine rings is 1. The molecule has 0 spiro atoms. The van der Waals surface area contributed by atoms with Crippen LogP contribution in [0.15, 0.2) is 66.7 Å². The van der Waals surface area contributed by atoms with Gasteiger partial charge in [-0.15, -0.1) is 0 Å². The summed E-state index contributed by atoms with van der Waals surface area (Å²) in [5.41, 5.74) is 8.22. The van der Waals surface area contributed by atoms with Crippen molar-refractivity contribution in [3.8, 4) is 11.1 Å². The van der Waals surface area contributed by atoms with Crippen LogP contribution < -0.4 is 4.90 Å². The molecule has 1 aliphatic rings. The van der Waals surface area contributed by atoms with Crippen molar-refractivity contribution in [3.05, 3.63) is 89.0 Å². The van der Waals surface area contributed by atoms with Gasteiger partial charge in [0.15, 0.2) is 0 Å². The lowest BCUT2D eigenvalue weighted by atomic mass is 9.97. The van der Waals surface area contributed by atoms with Crippen molar-refractivity contribution in [2.24, 2.45) is 0 Å². The van der Waals surface area contributed by atoms with E-state index in [0.29, 0.717) is 0 Å². The lowest BCUT2D eigenvalue weighted by molar-refractivity contribution is 0.0746. The lowest BCUT2D eigenvalue weighted by Gasteiger charge is -2.37. The zero-order valence-electron chi connectivity index (χ0n) is 20.3. The van der Waals surface area contributed by atoms with Crippen LogP contribution >= 0.6 is 0 Å². The van der Waals surface area contributed by atoms with Gasteiger partial charge in [-0.25, -0.2) is 0 Å². The second kappa shape index (κ2) is 10.7. The Morgan fingerprint density at radius 1 is 0.848 bits per heavy atom. The van der Waals surface area contributed by atoms with Gasteiger partial charge < -0.3 is 9.80 Å². The number of carbonyl (C=O) groups excluding carboxylic acids is 1. The van der Waals surface area contributed by atoms with Gasteiger partial charge in [0, 0.05) is 37.4 Å². The van der Waals surface area contributed by atoms with E-state index in [4.69, 9.17) is 0 Å². The number of carbonyl (C=O) groups is 1. The molecule has 0 unspecified atom stereocenters. The van der Waals surface area contributed by atoms with E-state index in [1.165, 1.54) is 35.2 Å². The van der Waals surface area contributed by atoms with Gasteiger partial charge in [0.25, 0.3) is 5.91 Å². The maximum absolute atomic E-state index is 13.5. The standard InChI is InChI=1S/C30H36N2O/c1-4-6-9-24-13-16-26(17-14-24)27-15-12-23(3)28(22-27)30(33)32-20-18-31(19-21-32)29-11-8-7-10-25(29)5-2/h7-8,10-17,22H,4-6,9,18-21H2,1-3H3. The molecule has 4 rings (SSSR count). The van der Waals surface area contributed by atoms with E-state index in [9.17, 15) is 4.79 Å². The first-order valence-corrected chi connectivity index (χ1v) is 12.4. The molecule has 3 aromatic rings. The lowest BCUT2D eigenvalue weighted by Crippen LogP contribution is -2.49. The molecule has 0 radical (unpaired) electrons. The molecule has 1 aliphatic heterocycles. The summed E-state index contributed by atoms with van der Waals surface area (Å²) < 4.78 is 0. The molecule has 3 nitrogen and oxygen atoms in total. The average molecular weight is 441 g/mol. The van der Waals surface area contributed by atoms with Gasteiger partial charge in [-0.2, -0.15) is 0 Å². The second-order valence-electron chi connectivity index (χ2n) is 9.09. The third-order valence-corrected chi connectivity index (χ3v) is 6.85. The molecule has 33 heavy (non-hydrogen) atoms. The van der Waals surface area contributed by atoms with Crippen LogP contribution in [0.3, 0.4) is 0 Å². The largest absolute Gasteiger partial charge is 0.368 e. The summed E-state index contributed by atoms with van der Waals surface area (Å²) in [5, 5.41) is 0. The van der Waals surface area contributed by atoms with Crippen LogP contribution in [-0.4, -0.2) is 37.0 Å². The van der Waals surface area contributed by atoms with Gasteiger partial charge in [-0.3, -0.25) is 4.79 Å². The van der Waals surface area contributed by atoms with Crippen molar-refractivity contribution in [1.29, 1.82) is 0 Å². The second-order valence-corrected chi connectivity index (χ2v) is 9.09. The molecule has 0 bridgehead atoms. The quantitative estimate of drug-likeness (QED) is 0.417. The summed E-state index contributed by atoms with van der Waals surface area (Å²) in [6.45, 7) is 9.73. The Morgan fingerprint density at radius 2 is 1.55 bits per heavy atom. The first-order valence-electron chi connectivity index (χ1n) is 12.4. The summed E-state index contributed by atoms with van der Waals surface area (Å²) in [7, 11) is 0. The molecule has 0 aliphatic carbocycles. The van der Waals surface area contributed by atoms with Gasteiger partial charge >= 0.3 is 0 Å². The highest BCUT2D eigenvalue weighted by molar-refractivity contribution is 5.97. The highest BCUT2D eigenvalue weighted by Gasteiger charge is 2.24. The van der Waals surface area contributed by atoms with Crippen LogP contribution in [0.1, 0.15) is 53.7 Å². The summed E-state index contributed by atoms with van der Waals surface area (Å²) >= 11 is 0. The molecular weight excluding hydrogens is 404 g/mol. The van der Waals surface area contributed by atoms with Gasteiger partial charge in [-0.05, 0) is 66.1 Å². The molecule has 0 saturated carbocycles. The van der Waals surface area contributed by atoms with Crippen molar-refractivity contribution >= 4 is 11.6 Å². The number of anilines is 1. The number of unbranched alkanes of at least 4 members (excludes halogenated alkanes) is 1. The first kappa shape index (κ1) is 23.1. The summed E-state index contributed by atoms with van der Waals surface area (Å²) in [4.78, 5) is 17.9. The van der Waals surface area contributed by atoms with E-state index < -0.39 is 0 Å². The molecular formula is C30H36N2O. The summed E-state index contributed by atoms with van der Waals surface area (Å²) in [5.74, 6) is 0.150. The maximum atomic E-state index is 13.5. The SMILES string of the molecule is CCCCc1ccc(-c2ccc(C)c(C(=O)N3CCN(c4ccccc4CC)CC3)c2)cc1. The number of aryl methyl sites for hydroxylation is 3. The highest BCUT2D eigenvalue weighted by Crippen LogP contribution is 2.26. The third-order valence-electron chi connectivity index (χ3n) is 6.85. The number of para-hydroxylation sites is 1. The van der Waals surface area contributed by atoms with Gasteiger partial charge in [-0.1, -0.05) is 74.9 Å². The minimum Gasteiger partial charge on any atom is -0.368 e. The predicted octanol–water partition coefficient (Wildman–Crippen LogP) is 6.53. The van der Waals surface area contributed by atoms with Crippen molar-refractivity contribution in [2.45, 2.75) is 46.5 Å². The zero-order valence-corrected chi connectivity index (χ0v) is 20.3. The monoisotopic (exact) mass is 440 g/mol. The van der Waals surface area contributed by atoms with Gasteiger partial charge in [0.1, 0.15) is 0 Å². The maximum Gasteiger partial charge on any atom is 0.254 e. The van der Waals surface area contributed by atoms with Crippen molar-refractivity contribution in [3.63, 3.8) is 0 Å². The molecule has 3 aromatic carbocycles. The highest BCUT2D eigenvalue weighted by atomic mass is 16.2. The van der Waals surface area contributed by atoms with Crippen LogP contribution in [0, 0.1) is 6.92 Å². The Hall–Kier alpha value is -3.07. The predicted molar refractivity (Wildman–Crippen MR) is 139 cm³/mol. The molecule has 3 heteroatoms.